The van der Waals surface area contributed by atoms with Gasteiger partial charge in [0.05, 0.1) is 10.9 Å². The van der Waals surface area contributed by atoms with Crippen LogP contribution in [-0.4, -0.2) is 27.1 Å². The largest absolute Gasteiger partial charge is 0.350 e. The second kappa shape index (κ2) is 10.8. The van der Waals surface area contributed by atoms with Crippen molar-refractivity contribution < 1.29 is 13.2 Å². The van der Waals surface area contributed by atoms with Gasteiger partial charge in [-0.3, -0.25) is 4.79 Å². The molecule has 2 rings (SSSR count). The van der Waals surface area contributed by atoms with Crippen LogP contribution in [0, 0.1) is 5.92 Å². The minimum atomic E-state index is -3.49. The molecule has 2 N–H and O–H groups in total. The number of hydrogen-bond acceptors (Lipinski definition) is 4. The van der Waals surface area contributed by atoms with Crippen LogP contribution < -0.4 is 10.0 Å². The Morgan fingerprint density at radius 3 is 2.17 bits per heavy atom. The van der Waals surface area contributed by atoms with Gasteiger partial charge < -0.3 is 5.32 Å². The Hall–Kier alpha value is -1.83. The lowest BCUT2D eigenvalue weighted by atomic mass is 10.1. The average molecular weight is 435 g/mol. The fourth-order valence-electron chi connectivity index (χ4n) is 2.74. The zero-order chi connectivity index (χ0) is 21.4. The summed E-state index contributed by atoms with van der Waals surface area (Å²) >= 11 is 1.69. The number of aryl methyl sites for hydroxylation is 1. The summed E-state index contributed by atoms with van der Waals surface area (Å²) in [5.74, 6) is 0.218. The van der Waals surface area contributed by atoms with E-state index >= 15 is 0 Å². The first-order chi connectivity index (χ1) is 13.7. The predicted octanol–water partition coefficient (Wildman–Crippen LogP) is 4.15. The van der Waals surface area contributed by atoms with Gasteiger partial charge in [0, 0.05) is 17.9 Å². The molecule has 7 heteroatoms. The molecule has 29 heavy (non-hydrogen) atoms. The van der Waals surface area contributed by atoms with Crippen LogP contribution in [0.3, 0.4) is 0 Å². The molecule has 0 spiro atoms. The molecule has 1 atom stereocenters. The number of carbonyl (C=O) groups excluding carboxylic acids is 1. The summed E-state index contributed by atoms with van der Waals surface area (Å²) in [5.41, 5.74) is 2.00. The minimum Gasteiger partial charge on any atom is -0.350 e. The van der Waals surface area contributed by atoms with Gasteiger partial charge in [0.1, 0.15) is 0 Å². The molecule has 0 unspecified atom stereocenters. The first kappa shape index (κ1) is 23.4. The number of hydrogen-bond donors (Lipinski definition) is 2. The Labute approximate surface area is 178 Å². The molecule has 0 fully saturated rings. The zero-order valence-corrected chi connectivity index (χ0v) is 19.1. The van der Waals surface area contributed by atoms with Gasteiger partial charge in [-0.15, -0.1) is 11.8 Å². The van der Waals surface area contributed by atoms with Crippen molar-refractivity contribution in [2.75, 3.05) is 12.8 Å². The smallest absolute Gasteiger partial charge is 0.240 e. The number of carbonyl (C=O) groups is 1. The van der Waals surface area contributed by atoms with Gasteiger partial charge in [-0.25, -0.2) is 13.1 Å². The third-order valence-electron chi connectivity index (χ3n) is 4.55. The molecule has 0 aliphatic rings. The number of nitrogens with one attached hydrogen (secondary N) is 2. The van der Waals surface area contributed by atoms with Crippen molar-refractivity contribution in [3.63, 3.8) is 0 Å². The van der Waals surface area contributed by atoms with E-state index in [0.29, 0.717) is 19.4 Å². The van der Waals surface area contributed by atoms with Gasteiger partial charge in [-0.1, -0.05) is 38.1 Å². The van der Waals surface area contributed by atoms with Gasteiger partial charge in [-0.2, -0.15) is 0 Å². The number of amides is 1. The van der Waals surface area contributed by atoms with Gasteiger partial charge in [0.15, 0.2) is 0 Å². The molecule has 0 saturated heterocycles. The molecule has 0 heterocycles. The second-order valence-corrected chi connectivity index (χ2v) is 10.1. The van der Waals surface area contributed by atoms with Crippen LogP contribution >= 0.6 is 11.8 Å². The summed E-state index contributed by atoms with van der Waals surface area (Å²) in [5, 5.41) is 3.02. The molecule has 2 aromatic carbocycles. The molecule has 0 bridgehead atoms. The molecule has 158 valence electrons. The summed E-state index contributed by atoms with van der Waals surface area (Å²) < 4.78 is 27.1. The lowest BCUT2D eigenvalue weighted by Crippen LogP contribution is -2.27. The van der Waals surface area contributed by atoms with Gasteiger partial charge in [0.2, 0.25) is 15.9 Å². The van der Waals surface area contributed by atoms with Crippen molar-refractivity contribution in [1.82, 2.24) is 10.0 Å². The summed E-state index contributed by atoms with van der Waals surface area (Å²) in [7, 11) is -3.49. The Morgan fingerprint density at radius 2 is 1.62 bits per heavy atom. The maximum Gasteiger partial charge on any atom is 0.240 e. The van der Waals surface area contributed by atoms with Crippen molar-refractivity contribution in [2.24, 2.45) is 5.92 Å². The van der Waals surface area contributed by atoms with E-state index in [1.807, 2.05) is 51.3 Å². The second-order valence-electron chi connectivity index (χ2n) is 7.45. The summed E-state index contributed by atoms with van der Waals surface area (Å²) in [4.78, 5) is 13.7. The van der Waals surface area contributed by atoms with E-state index in [2.05, 4.69) is 10.0 Å². The van der Waals surface area contributed by atoms with E-state index in [0.717, 1.165) is 11.1 Å². The fraction of sp³-hybridized carbons (Fsp3) is 0.409. The molecule has 0 radical (unpaired) electrons. The maximum absolute atomic E-state index is 12.3. The van der Waals surface area contributed by atoms with E-state index in [9.17, 15) is 13.2 Å². The Kier molecular flexibility index (Phi) is 8.74. The maximum atomic E-state index is 12.3. The van der Waals surface area contributed by atoms with Crippen LogP contribution in [0.5, 0.6) is 0 Å². The first-order valence-electron chi connectivity index (χ1n) is 9.73. The molecule has 0 aromatic heterocycles. The van der Waals surface area contributed by atoms with Crippen molar-refractivity contribution in [1.29, 1.82) is 0 Å². The number of thioether (sulfide) groups is 1. The molecular weight excluding hydrogens is 404 g/mol. The average Bonchev–Trinajstić information content (AvgIpc) is 2.71. The van der Waals surface area contributed by atoms with Gasteiger partial charge >= 0.3 is 0 Å². The third-order valence-corrected chi connectivity index (χ3v) is 6.73. The monoisotopic (exact) mass is 434 g/mol. The van der Waals surface area contributed by atoms with E-state index in [4.69, 9.17) is 0 Å². The Morgan fingerprint density at radius 1 is 1.00 bits per heavy atom. The summed E-state index contributed by atoms with van der Waals surface area (Å²) in [6.07, 6.45) is 2.94. The molecule has 5 nitrogen and oxygen atoms in total. The quantitative estimate of drug-likeness (QED) is 0.551. The molecule has 0 saturated carbocycles. The van der Waals surface area contributed by atoms with E-state index in [1.165, 1.54) is 4.90 Å². The van der Waals surface area contributed by atoms with E-state index < -0.39 is 10.0 Å². The summed E-state index contributed by atoms with van der Waals surface area (Å²) in [6, 6.07) is 14.8. The van der Waals surface area contributed by atoms with Crippen LogP contribution in [0.1, 0.15) is 44.4 Å². The van der Waals surface area contributed by atoms with E-state index in [1.54, 1.807) is 36.0 Å². The minimum absolute atomic E-state index is 0.0262. The van der Waals surface area contributed by atoms with Crippen molar-refractivity contribution >= 4 is 27.7 Å². The van der Waals surface area contributed by atoms with Gasteiger partial charge in [0.25, 0.3) is 0 Å². The molecule has 2 aromatic rings. The Bertz CT molecular complexity index is 893. The van der Waals surface area contributed by atoms with Crippen LogP contribution in [0.2, 0.25) is 0 Å². The van der Waals surface area contributed by atoms with Crippen molar-refractivity contribution in [2.45, 2.75) is 49.4 Å². The van der Waals surface area contributed by atoms with Crippen LogP contribution in [0.15, 0.2) is 58.3 Å². The highest BCUT2D eigenvalue weighted by Gasteiger charge is 2.14. The highest BCUT2D eigenvalue weighted by Crippen LogP contribution is 2.19. The number of benzene rings is 2. The standard InChI is InChI=1S/C22H30N2O3S2/c1-16(2)15-23-29(26,27)21-12-5-18(6-13-21)7-14-22(25)24-17(3)19-8-10-20(28-4)11-9-19/h5-6,8-13,16-17,23H,7,14-15H2,1-4H3,(H,24,25)/t17-/m1/s1. The molecular formula is C22H30N2O3S2. The highest BCUT2D eigenvalue weighted by atomic mass is 32.2. The Balaban J connectivity index is 1.86. The van der Waals surface area contributed by atoms with Crippen molar-refractivity contribution in [3.05, 3.63) is 59.7 Å². The lowest BCUT2D eigenvalue weighted by molar-refractivity contribution is -0.121. The predicted molar refractivity (Wildman–Crippen MR) is 120 cm³/mol. The van der Waals surface area contributed by atoms with Gasteiger partial charge in [-0.05, 0) is 60.9 Å². The third kappa shape index (κ3) is 7.49. The fourth-order valence-corrected chi connectivity index (χ4v) is 4.36. The van der Waals surface area contributed by atoms with E-state index in [-0.39, 0.29) is 22.8 Å². The molecule has 0 aliphatic heterocycles. The normalized spacial score (nSPS) is 12.7. The SMILES string of the molecule is CSc1ccc([C@@H](C)NC(=O)CCc2ccc(S(=O)(=O)NCC(C)C)cc2)cc1. The summed E-state index contributed by atoms with van der Waals surface area (Å²) in [6.45, 7) is 6.28. The highest BCUT2D eigenvalue weighted by molar-refractivity contribution is 7.98. The van der Waals surface area contributed by atoms with Crippen LogP contribution in [0.4, 0.5) is 0 Å². The number of rotatable bonds is 10. The number of sulfonamides is 1. The zero-order valence-electron chi connectivity index (χ0n) is 17.4. The first-order valence-corrected chi connectivity index (χ1v) is 12.4. The van der Waals surface area contributed by atoms with Crippen LogP contribution in [0.25, 0.3) is 0 Å². The van der Waals surface area contributed by atoms with Crippen LogP contribution in [-0.2, 0) is 21.2 Å². The molecule has 1 amide bonds. The molecule has 0 aliphatic carbocycles. The topological polar surface area (TPSA) is 75.3 Å². The van der Waals surface area contributed by atoms with Crippen molar-refractivity contribution in [3.8, 4) is 0 Å². The lowest BCUT2D eigenvalue weighted by Gasteiger charge is -2.15.